The first-order valence-corrected chi connectivity index (χ1v) is 42.6. The van der Waals surface area contributed by atoms with Gasteiger partial charge in [0.15, 0.2) is 17.5 Å². The number of benzene rings is 17. The first-order valence-electron chi connectivity index (χ1n) is 42.6. The van der Waals surface area contributed by atoms with Crippen LogP contribution in [0.4, 0.5) is 0 Å². The summed E-state index contributed by atoms with van der Waals surface area (Å²) < 4.78 is 10.1. The van der Waals surface area contributed by atoms with Crippen molar-refractivity contribution in [2.75, 3.05) is 0 Å². The van der Waals surface area contributed by atoms with Crippen molar-refractivity contribution in [2.45, 2.75) is 25.7 Å². The van der Waals surface area contributed by atoms with Gasteiger partial charge in [0, 0.05) is 118 Å². The molecule has 578 valence electrons. The summed E-state index contributed by atoms with van der Waals surface area (Å²) >= 11 is 0. The summed E-state index contributed by atoms with van der Waals surface area (Å²) in [6, 6.07) is 134. The summed E-state index contributed by atoms with van der Waals surface area (Å²) in [5.74, 6) is 1.91. The summed E-state index contributed by atoms with van der Waals surface area (Å²) in [7, 11) is 0. The Labute approximate surface area is 712 Å². The van der Waals surface area contributed by atoms with E-state index < -0.39 is 0 Å². The molecule has 24 aromatic rings. The van der Waals surface area contributed by atoms with Crippen molar-refractivity contribution < 1.29 is 0 Å². The van der Waals surface area contributed by atoms with E-state index in [1.54, 1.807) is 24.8 Å². The minimum Gasteiger partial charge on any atom is -0.307 e. The second kappa shape index (κ2) is 27.6. The molecule has 0 saturated heterocycles. The molecule has 124 heavy (non-hydrogen) atoms. The molecule has 0 spiro atoms. The normalized spacial score (nSPS) is 12.5. The first-order chi connectivity index (χ1) is 61.5. The van der Waals surface area contributed by atoms with Crippen LogP contribution in [0.2, 0.25) is 0 Å². The molecule has 10 heteroatoms. The van der Waals surface area contributed by atoms with E-state index in [0.29, 0.717) is 17.5 Å². The smallest absolute Gasteiger partial charge is 0.160 e. The third kappa shape index (κ3) is 10.9. The van der Waals surface area contributed by atoms with E-state index in [9.17, 15) is 0 Å². The molecule has 10 nitrogen and oxygen atoms in total. The number of fused-ring (bicyclic) bond motifs is 24. The molecule has 0 unspecified atom stereocenters. The number of hydrogen-bond donors (Lipinski definition) is 0. The number of nitrogens with zero attached hydrogens (tertiary/aromatic N) is 10. The first kappa shape index (κ1) is 69.6. The second-order valence-electron chi connectivity index (χ2n) is 33.2. The van der Waals surface area contributed by atoms with Crippen molar-refractivity contribution in [3.05, 3.63) is 433 Å². The number of rotatable bonds is 11. The van der Waals surface area contributed by atoms with Gasteiger partial charge < -0.3 is 18.3 Å². The van der Waals surface area contributed by atoms with Gasteiger partial charge in [-0.05, 0) is 223 Å². The Morgan fingerprint density at radius 3 is 1.11 bits per heavy atom. The van der Waals surface area contributed by atoms with E-state index in [4.69, 9.17) is 29.9 Å². The summed E-state index contributed by atoms with van der Waals surface area (Å²) in [5.41, 5.74) is 35.4. The van der Waals surface area contributed by atoms with E-state index >= 15 is 0 Å². The molecule has 17 aromatic carbocycles. The second-order valence-corrected chi connectivity index (χ2v) is 33.2. The van der Waals surface area contributed by atoms with E-state index in [0.717, 1.165) is 126 Å². The van der Waals surface area contributed by atoms with Crippen LogP contribution in [0.25, 0.3) is 210 Å². The molecule has 7 aromatic heterocycles. The quantitative estimate of drug-likeness (QED) is 0.128. The van der Waals surface area contributed by atoms with Crippen LogP contribution >= 0.6 is 0 Å². The SMILES string of the molecule is c1ccc(-c2ccc(-n3c4ccccc4c4c5c(c6c7ccccc7n(-c7cccc(-c8cc(-c9ccc(-c%10ccc%11c(c%10)Cc%10cc%12c(cc%10C%11)c%10c%11ccccc%11n(-c%11ccccc%11)c%10c%10c%12c%11ccccc%11n%10-c%10cc(-c%11ncccn%11)cc(-c%11ncccn%11)c%10)cc9)nc(-c9ccccc9)n8)c7)c6c43)Cc3cc4ccccc4cc3C5)cc2)cc1. The Morgan fingerprint density at radius 2 is 0.565 bits per heavy atom. The lowest BCUT2D eigenvalue weighted by Crippen LogP contribution is -2.10. The predicted octanol–water partition coefficient (Wildman–Crippen LogP) is 27.4. The monoisotopic (exact) mass is 1580 g/mol. The van der Waals surface area contributed by atoms with Gasteiger partial charge in [-0.1, -0.05) is 255 Å². The lowest BCUT2D eigenvalue weighted by Gasteiger charge is -2.24. The molecule has 2 aliphatic rings. The highest BCUT2D eigenvalue weighted by Gasteiger charge is 2.33. The minimum atomic E-state index is 0.623. The highest BCUT2D eigenvalue weighted by atomic mass is 15.1. The highest BCUT2D eigenvalue weighted by Crippen LogP contribution is 2.52. The van der Waals surface area contributed by atoms with Crippen molar-refractivity contribution in [3.8, 4) is 102 Å². The molecule has 26 rings (SSSR count). The van der Waals surface area contributed by atoms with Gasteiger partial charge in [0.2, 0.25) is 0 Å². The molecular formula is C114H72N10. The van der Waals surface area contributed by atoms with Crippen LogP contribution in [0.1, 0.15) is 44.5 Å². The van der Waals surface area contributed by atoms with Crippen molar-refractivity contribution in [2.24, 2.45) is 0 Å². The zero-order chi connectivity index (χ0) is 81.2. The number of aromatic nitrogens is 10. The van der Waals surface area contributed by atoms with E-state index in [2.05, 4.69) is 370 Å². The third-order valence-corrected chi connectivity index (χ3v) is 26.3. The van der Waals surface area contributed by atoms with Gasteiger partial charge in [-0.15, -0.1) is 0 Å². The zero-order valence-electron chi connectivity index (χ0n) is 67.3. The maximum atomic E-state index is 5.52. The van der Waals surface area contributed by atoms with Crippen LogP contribution in [-0.4, -0.2) is 48.2 Å². The highest BCUT2D eigenvalue weighted by molar-refractivity contribution is 6.37. The zero-order valence-corrected chi connectivity index (χ0v) is 67.3. The molecule has 0 aliphatic heterocycles. The van der Waals surface area contributed by atoms with Gasteiger partial charge >= 0.3 is 0 Å². The standard InChI is InChI=1S/C114H72N10/c1-4-23-69(24-5-1)70-47-49-87(50-48-70)122-101-38-17-13-34-91(101)104-94-64-80-55-74-27-10-11-28-75(74)56-81(80)65-96(94)106-92-35-14-18-39-102(92)123(110(106)108(104)122)88-32-20-29-78(61-88)99-68-98(119-114(120-99)73-25-6-2-7-26-73)72-43-41-71(42-44-72)76-45-46-77-58-82-66-95-97(67-83(82)59-79(77)57-76)107-93-36-15-19-40-103(93)124(89-62-84(112-115-51-21-52-116-112)60-85(63-89)113-117-53-22-54-118-113)111(107)109-105(95)90-33-12-16-37-100(90)121(109)86-30-8-3-9-31-86/h1-57,60-63,66-68H,58-59,64-65H2. The third-order valence-electron chi connectivity index (χ3n) is 26.3. The topological polar surface area (TPSA) is 97.1 Å². The van der Waals surface area contributed by atoms with Crippen molar-refractivity contribution >= 4 is 109 Å². The van der Waals surface area contributed by atoms with Crippen LogP contribution in [0.15, 0.2) is 389 Å². The lowest BCUT2D eigenvalue weighted by atomic mass is 9.80. The van der Waals surface area contributed by atoms with Crippen LogP contribution in [0, 0.1) is 0 Å². The van der Waals surface area contributed by atoms with Crippen LogP contribution in [0.5, 0.6) is 0 Å². The van der Waals surface area contributed by atoms with Crippen LogP contribution in [0.3, 0.4) is 0 Å². The summed E-state index contributed by atoms with van der Waals surface area (Å²) in [6.45, 7) is 0. The Bertz CT molecular complexity index is 8500. The Balaban J connectivity index is 0.599. The minimum absolute atomic E-state index is 0.623. The summed E-state index contributed by atoms with van der Waals surface area (Å²) in [4.78, 5) is 30.2. The largest absolute Gasteiger partial charge is 0.307 e. The van der Waals surface area contributed by atoms with E-state index in [1.807, 2.05) is 12.1 Å². The molecule has 0 radical (unpaired) electrons. The van der Waals surface area contributed by atoms with Gasteiger partial charge in [-0.3, -0.25) is 0 Å². The Morgan fingerprint density at radius 1 is 0.194 bits per heavy atom. The predicted molar refractivity (Wildman–Crippen MR) is 508 cm³/mol. The van der Waals surface area contributed by atoms with Crippen molar-refractivity contribution in [1.82, 2.24) is 48.2 Å². The van der Waals surface area contributed by atoms with Gasteiger partial charge in [-0.2, -0.15) is 0 Å². The molecule has 0 bridgehead atoms. The fourth-order valence-electron chi connectivity index (χ4n) is 20.8. The summed E-state index contributed by atoms with van der Waals surface area (Å²) in [6.07, 6.45) is 10.5. The number of hydrogen-bond acceptors (Lipinski definition) is 6. The van der Waals surface area contributed by atoms with Gasteiger partial charge in [0.05, 0.1) is 55.5 Å². The maximum Gasteiger partial charge on any atom is 0.160 e. The maximum absolute atomic E-state index is 5.52. The fourth-order valence-corrected chi connectivity index (χ4v) is 20.8. The van der Waals surface area contributed by atoms with Gasteiger partial charge in [-0.25, -0.2) is 29.9 Å². The van der Waals surface area contributed by atoms with Crippen molar-refractivity contribution in [3.63, 3.8) is 0 Å². The molecule has 0 saturated carbocycles. The van der Waals surface area contributed by atoms with E-state index in [1.165, 1.54) is 137 Å². The molecule has 2 aliphatic carbocycles. The van der Waals surface area contributed by atoms with Gasteiger partial charge in [0.25, 0.3) is 0 Å². The fraction of sp³-hybridized carbons (Fsp3) is 0.0351. The molecule has 0 fully saturated rings. The lowest BCUT2D eigenvalue weighted by molar-refractivity contribution is 1.01. The van der Waals surface area contributed by atoms with E-state index in [-0.39, 0.29) is 0 Å². The average Bonchev–Trinajstić information content (AvgIpc) is 1.52. The average molecular weight is 1580 g/mol. The van der Waals surface area contributed by atoms with Crippen LogP contribution in [-0.2, 0) is 25.7 Å². The van der Waals surface area contributed by atoms with Crippen molar-refractivity contribution in [1.29, 1.82) is 0 Å². The molecule has 7 heterocycles. The molecule has 0 amide bonds. The molecule has 0 atom stereocenters. The Hall–Kier alpha value is -16.3. The molecule has 0 N–H and O–H groups in total. The summed E-state index contributed by atoms with van der Waals surface area (Å²) in [5, 5.41) is 14.9. The van der Waals surface area contributed by atoms with Gasteiger partial charge in [0.1, 0.15) is 0 Å². The molecular weight excluding hydrogens is 1510 g/mol. The Kier molecular flexibility index (Phi) is 15.5. The number of para-hydroxylation sites is 5. The van der Waals surface area contributed by atoms with Crippen LogP contribution < -0.4 is 0 Å².